The van der Waals surface area contributed by atoms with Crippen LogP contribution < -0.4 is 10.2 Å². The Kier molecular flexibility index (Phi) is 2.57. The molecule has 0 unspecified atom stereocenters. The number of aromatic nitrogens is 1. The molecule has 3 heteroatoms. The molecule has 1 heterocycles. The maximum absolute atomic E-state index is 11.7. The molecule has 0 atom stereocenters. The van der Waals surface area contributed by atoms with Gasteiger partial charge in [0, 0.05) is 17.6 Å². The number of pyridine rings is 1. The highest BCUT2D eigenvalue weighted by molar-refractivity contribution is 5.84. The Balaban J connectivity index is 2.13. The zero-order chi connectivity index (χ0) is 12.4. The highest BCUT2D eigenvalue weighted by atomic mass is 16.5. The van der Waals surface area contributed by atoms with E-state index in [1.54, 1.807) is 12.3 Å². The summed E-state index contributed by atoms with van der Waals surface area (Å²) in [4.78, 5) is 14.8. The molecule has 3 nitrogen and oxygen atoms in total. The van der Waals surface area contributed by atoms with Crippen LogP contribution in [0.25, 0.3) is 10.9 Å². The van der Waals surface area contributed by atoms with Gasteiger partial charge in [0.1, 0.15) is 5.75 Å². The van der Waals surface area contributed by atoms with Crippen molar-refractivity contribution < 1.29 is 4.74 Å². The minimum Gasteiger partial charge on any atom is -0.455 e. The number of hydrogen-bond acceptors (Lipinski definition) is 2. The van der Waals surface area contributed by atoms with Crippen LogP contribution in [0.15, 0.2) is 65.6 Å². The van der Waals surface area contributed by atoms with E-state index in [9.17, 15) is 4.79 Å². The summed E-state index contributed by atoms with van der Waals surface area (Å²) in [6, 6.07) is 16.4. The molecule has 0 amide bonds. The minimum absolute atomic E-state index is 0.0118. The molecule has 2 aromatic carbocycles. The predicted molar refractivity (Wildman–Crippen MR) is 71.1 cm³/mol. The number of ether oxygens (including phenoxy) is 1. The van der Waals surface area contributed by atoms with E-state index in [4.69, 9.17) is 4.74 Å². The van der Waals surface area contributed by atoms with Crippen molar-refractivity contribution in [1.29, 1.82) is 0 Å². The normalized spacial score (nSPS) is 10.4. The molecular weight excluding hydrogens is 226 g/mol. The number of fused-ring (bicyclic) bond motifs is 1. The molecular formula is C15H11NO2. The Morgan fingerprint density at radius 2 is 1.72 bits per heavy atom. The Bertz CT molecular complexity index is 732. The second-order valence-electron chi connectivity index (χ2n) is 3.94. The van der Waals surface area contributed by atoms with Crippen LogP contribution in [-0.4, -0.2) is 4.98 Å². The quantitative estimate of drug-likeness (QED) is 0.742. The van der Waals surface area contributed by atoms with Crippen molar-refractivity contribution in [3.05, 3.63) is 71.0 Å². The highest BCUT2D eigenvalue weighted by Crippen LogP contribution is 2.26. The summed E-state index contributed by atoms with van der Waals surface area (Å²) in [7, 11) is 0. The van der Waals surface area contributed by atoms with Crippen LogP contribution in [-0.2, 0) is 0 Å². The smallest absolute Gasteiger partial charge is 0.189 e. The maximum atomic E-state index is 11.7. The molecule has 0 spiro atoms. The molecule has 88 valence electrons. The van der Waals surface area contributed by atoms with Gasteiger partial charge in [0.15, 0.2) is 11.2 Å². The SMILES string of the molecule is O=c1cc[nH]c2c(Oc3ccccc3)cccc12. The van der Waals surface area contributed by atoms with Crippen LogP contribution in [0.3, 0.4) is 0 Å². The number of benzene rings is 2. The van der Waals surface area contributed by atoms with E-state index in [0.717, 1.165) is 5.75 Å². The molecule has 0 saturated heterocycles. The maximum Gasteiger partial charge on any atom is 0.189 e. The summed E-state index contributed by atoms with van der Waals surface area (Å²) in [5.74, 6) is 1.39. The number of hydrogen-bond donors (Lipinski definition) is 1. The standard InChI is InChI=1S/C15H11NO2/c17-13-9-10-16-15-12(13)7-4-8-14(15)18-11-5-2-1-3-6-11/h1-10H,(H,16,17). The fraction of sp³-hybridized carbons (Fsp3) is 0. The van der Waals surface area contributed by atoms with Gasteiger partial charge >= 0.3 is 0 Å². The predicted octanol–water partition coefficient (Wildman–Crippen LogP) is 3.32. The largest absolute Gasteiger partial charge is 0.455 e. The third-order valence-electron chi connectivity index (χ3n) is 2.73. The first kappa shape index (κ1) is 10.6. The van der Waals surface area contributed by atoms with Crippen LogP contribution in [0.2, 0.25) is 0 Å². The fourth-order valence-corrected chi connectivity index (χ4v) is 1.88. The Hall–Kier alpha value is -2.55. The number of para-hydroxylation sites is 2. The average Bonchev–Trinajstić information content (AvgIpc) is 2.41. The van der Waals surface area contributed by atoms with Crippen LogP contribution in [0, 0.1) is 0 Å². The van der Waals surface area contributed by atoms with Crippen molar-refractivity contribution in [2.75, 3.05) is 0 Å². The fourth-order valence-electron chi connectivity index (χ4n) is 1.88. The van der Waals surface area contributed by atoms with E-state index in [1.807, 2.05) is 42.5 Å². The molecule has 1 N–H and O–H groups in total. The molecule has 0 bridgehead atoms. The molecule has 3 aromatic rings. The summed E-state index contributed by atoms with van der Waals surface area (Å²) in [6.07, 6.45) is 1.63. The lowest BCUT2D eigenvalue weighted by molar-refractivity contribution is 0.487. The lowest BCUT2D eigenvalue weighted by Crippen LogP contribution is -2.00. The van der Waals surface area contributed by atoms with Gasteiger partial charge in [0.05, 0.1) is 5.52 Å². The van der Waals surface area contributed by atoms with Crippen molar-refractivity contribution in [2.24, 2.45) is 0 Å². The number of aromatic amines is 1. The number of nitrogens with one attached hydrogen (secondary N) is 1. The summed E-state index contributed by atoms with van der Waals surface area (Å²) >= 11 is 0. The summed E-state index contributed by atoms with van der Waals surface area (Å²) in [5.41, 5.74) is 0.705. The van der Waals surface area contributed by atoms with E-state index in [2.05, 4.69) is 4.98 Å². The van der Waals surface area contributed by atoms with Gasteiger partial charge in [-0.15, -0.1) is 0 Å². The first-order chi connectivity index (χ1) is 8.84. The van der Waals surface area contributed by atoms with Crippen molar-refractivity contribution in [3.63, 3.8) is 0 Å². The molecule has 0 aliphatic heterocycles. The van der Waals surface area contributed by atoms with Crippen LogP contribution >= 0.6 is 0 Å². The Morgan fingerprint density at radius 3 is 2.56 bits per heavy atom. The summed E-state index contributed by atoms with van der Waals surface area (Å²) < 4.78 is 5.78. The summed E-state index contributed by atoms with van der Waals surface area (Å²) in [5, 5.41) is 0.630. The molecule has 0 aliphatic carbocycles. The van der Waals surface area contributed by atoms with E-state index >= 15 is 0 Å². The second-order valence-corrected chi connectivity index (χ2v) is 3.94. The van der Waals surface area contributed by atoms with Crippen molar-refractivity contribution in [3.8, 4) is 11.5 Å². The monoisotopic (exact) mass is 237 g/mol. The van der Waals surface area contributed by atoms with Gasteiger partial charge in [-0.1, -0.05) is 24.3 Å². The second kappa shape index (κ2) is 4.37. The van der Waals surface area contributed by atoms with Gasteiger partial charge in [0.25, 0.3) is 0 Å². The van der Waals surface area contributed by atoms with Gasteiger partial charge in [-0.05, 0) is 24.3 Å². The number of rotatable bonds is 2. The van der Waals surface area contributed by atoms with Crippen molar-refractivity contribution in [1.82, 2.24) is 4.98 Å². The molecule has 0 radical (unpaired) electrons. The first-order valence-corrected chi connectivity index (χ1v) is 5.68. The molecule has 18 heavy (non-hydrogen) atoms. The van der Waals surface area contributed by atoms with Gasteiger partial charge in [-0.3, -0.25) is 4.79 Å². The van der Waals surface area contributed by atoms with Crippen LogP contribution in [0.4, 0.5) is 0 Å². The molecule has 0 saturated carbocycles. The molecule has 0 fully saturated rings. The third kappa shape index (κ3) is 1.86. The molecule has 0 aliphatic rings. The zero-order valence-corrected chi connectivity index (χ0v) is 9.59. The van der Waals surface area contributed by atoms with Gasteiger partial charge < -0.3 is 9.72 Å². The van der Waals surface area contributed by atoms with Gasteiger partial charge in [-0.2, -0.15) is 0 Å². The zero-order valence-electron chi connectivity index (χ0n) is 9.59. The van der Waals surface area contributed by atoms with Crippen molar-refractivity contribution >= 4 is 10.9 Å². The minimum atomic E-state index is -0.0118. The number of H-pyrrole nitrogens is 1. The third-order valence-corrected chi connectivity index (χ3v) is 2.73. The van der Waals surface area contributed by atoms with E-state index in [-0.39, 0.29) is 5.43 Å². The molecule has 3 rings (SSSR count). The van der Waals surface area contributed by atoms with Gasteiger partial charge in [-0.25, -0.2) is 0 Å². The van der Waals surface area contributed by atoms with Crippen LogP contribution in [0.1, 0.15) is 0 Å². The lowest BCUT2D eigenvalue weighted by atomic mass is 10.2. The summed E-state index contributed by atoms with van der Waals surface area (Å²) in [6.45, 7) is 0. The van der Waals surface area contributed by atoms with Crippen LogP contribution in [0.5, 0.6) is 11.5 Å². The Labute approximate surface area is 104 Å². The lowest BCUT2D eigenvalue weighted by Gasteiger charge is -2.08. The molecule has 1 aromatic heterocycles. The average molecular weight is 237 g/mol. The van der Waals surface area contributed by atoms with E-state index in [0.29, 0.717) is 16.7 Å². The van der Waals surface area contributed by atoms with E-state index in [1.165, 1.54) is 6.07 Å². The topological polar surface area (TPSA) is 42.1 Å². The van der Waals surface area contributed by atoms with E-state index < -0.39 is 0 Å². The Morgan fingerprint density at radius 1 is 0.889 bits per heavy atom. The highest BCUT2D eigenvalue weighted by Gasteiger charge is 2.05. The first-order valence-electron chi connectivity index (χ1n) is 5.68. The van der Waals surface area contributed by atoms with Crippen molar-refractivity contribution in [2.45, 2.75) is 0 Å². The van der Waals surface area contributed by atoms with Gasteiger partial charge in [0.2, 0.25) is 0 Å².